The van der Waals surface area contributed by atoms with Crippen molar-refractivity contribution in [3.63, 3.8) is 0 Å². The first-order valence-corrected chi connectivity index (χ1v) is 9.17. The third-order valence-corrected chi connectivity index (χ3v) is 4.73. The maximum absolute atomic E-state index is 12.5. The van der Waals surface area contributed by atoms with Crippen molar-refractivity contribution in [1.82, 2.24) is 10.2 Å². The SMILES string of the molecule is COc1ccc(CC(=O)N2CCC(NC(=O)Nc3ccccc3)CC2)cc1. The molecule has 3 amide bonds. The molecular weight excluding hydrogens is 342 g/mol. The normalized spacial score (nSPS) is 14.5. The molecule has 1 heterocycles. The third-order valence-electron chi connectivity index (χ3n) is 4.73. The van der Waals surface area contributed by atoms with Crippen LogP contribution in [0.1, 0.15) is 18.4 Å². The van der Waals surface area contributed by atoms with Crippen LogP contribution in [0.15, 0.2) is 54.6 Å². The molecule has 2 aromatic rings. The Bertz CT molecular complexity index is 754. The highest BCUT2D eigenvalue weighted by atomic mass is 16.5. The van der Waals surface area contributed by atoms with Gasteiger partial charge in [-0.25, -0.2) is 4.79 Å². The summed E-state index contributed by atoms with van der Waals surface area (Å²) in [6.07, 6.45) is 1.91. The minimum Gasteiger partial charge on any atom is -0.497 e. The monoisotopic (exact) mass is 367 g/mol. The minimum absolute atomic E-state index is 0.0822. The van der Waals surface area contributed by atoms with E-state index in [0.717, 1.165) is 29.8 Å². The molecule has 1 fully saturated rings. The predicted octanol–water partition coefficient (Wildman–Crippen LogP) is 3.05. The van der Waals surface area contributed by atoms with Gasteiger partial charge in [-0.2, -0.15) is 0 Å². The Kier molecular flexibility index (Phi) is 6.30. The van der Waals surface area contributed by atoms with Gasteiger partial charge < -0.3 is 20.3 Å². The van der Waals surface area contributed by atoms with Gasteiger partial charge in [0, 0.05) is 24.8 Å². The van der Waals surface area contributed by atoms with Crippen molar-refractivity contribution in [2.75, 3.05) is 25.5 Å². The van der Waals surface area contributed by atoms with Crippen LogP contribution in [0, 0.1) is 0 Å². The molecule has 0 bridgehead atoms. The number of piperidine rings is 1. The molecule has 1 aliphatic heterocycles. The van der Waals surface area contributed by atoms with Crippen LogP contribution < -0.4 is 15.4 Å². The Labute approximate surface area is 159 Å². The Morgan fingerprint density at radius 2 is 1.70 bits per heavy atom. The second kappa shape index (κ2) is 9.07. The second-order valence-electron chi connectivity index (χ2n) is 6.64. The molecule has 0 aromatic heterocycles. The molecule has 0 aliphatic carbocycles. The van der Waals surface area contributed by atoms with E-state index in [1.54, 1.807) is 7.11 Å². The molecule has 6 nitrogen and oxygen atoms in total. The Morgan fingerprint density at radius 3 is 2.33 bits per heavy atom. The second-order valence-corrected chi connectivity index (χ2v) is 6.64. The van der Waals surface area contributed by atoms with Crippen LogP contribution in [-0.4, -0.2) is 43.1 Å². The molecule has 0 spiro atoms. The van der Waals surface area contributed by atoms with Crippen LogP contribution in [0.2, 0.25) is 0 Å². The number of nitrogens with one attached hydrogen (secondary N) is 2. The van der Waals surface area contributed by atoms with E-state index < -0.39 is 0 Å². The van der Waals surface area contributed by atoms with E-state index in [9.17, 15) is 9.59 Å². The van der Waals surface area contributed by atoms with Gasteiger partial charge in [0.2, 0.25) is 5.91 Å². The number of amides is 3. The quantitative estimate of drug-likeness (QED) is 0.853. The summed E-state index contributed by atoms with van der Waals surface area (Å²) in [5.41, 5.74) is 1.74. The maximum Gasteiger partial charge on any atom is 0.319 e. The fraction of sp³-hybridized carbons (Fsp3) is 0.333. The highest BCUT2D eigenvalue weighted by Crippen LogP contribution is 2.15. The van der Waals surface area contributed by atoms with Gasteiger partial charge in [0.25, 0.3) is 0 Å². The van der Waals surface area contributed by atoms with Gasteiger partial charge in [-0.3, -0.25) is 4.79 Å². The first-order valence-electron chi connectivity index (χ1n) is 9.17. The lowest BCUT2D eigenvalue weighted by Gasteiger charge is -2.32. The highest BCUT2D eigenvalue weighted by molar-refractivity contribution is 5.89. The van der Waals surface area contributed by atoms with Crippen molar-refractivity contribution in [1.29, 1.82) is 0 Å². The number of carbonyl (C=O) groups is 2. The molecule has 0 unspecified atom stereocenters. The van der Waals surface area contributed by atoms with E-state index >= 15 is 0 Å². The van der Waals surface area contributed by atoms with Gasteiger partial charge in [0.15, 0.2) is 0 Å². The average molecular weight is 367 g/mol. The third kappa shape index (κ3) is 5.48. The summed E-state index contributed by atoms with van der Waals surface area (Å²) in [6, 6.07) is 16.8. The summed E-state index contributed by atoms with van der Waals surface area (Å²) >= 11 is 0. The van der Waals surface area contributed by atoms with Crippen molar-refractivity contribution in [3.05, 3.63) is 60.2 Å². The van der Waals surface area contributed by atoms with Crippen molar-refractivity contribution in [2.45, 2.75) is 25.3 Å². The van der Waals surface area contributed by atoms with Gasteiger partial charge in [-0.05, 0) is 42.7 Å². The number of methoxy groups -OCH3 is 1. The number of anilines is 1. The van der Waals surface area contributed by atoms with E-state index in [-0.39, 0.29) is 18.0 Å². The zero-order valence-electron chi connectivity index (χ0n) is 15.5. The summed E-state index contributed by atoms with van der Waals surface area (Å²) in [4.78, 5) is 26.4. The molecule has 0 saturated carbocycles. The summed E-state index contributed by atoms with van der Waals surface area (Å²) in [5, 5.41) is 5.81. The Morgan fingerprint density at radius 1 is 1.04 bits per heavy atom. The number of hydrogen-bond acceptors (Lipinski definition) is 3. The number of rotatable bonds is 5. The lowest BCUT2D eigenvalue weighted by atomic mass is 10.0. The van der Waals surface area contributed by atoms with Crippen LogP contribution in [0.25, 0.3) is 0 Å². The smallest absolute Gasteiger partial charge is 0.319 e. The van der Waals surface area contributed by atoms with E-state index in [2.05, 4.69) is 10.6 Å². The minimum atomic E-state index is -0.204. The number of urea groups is 1. The van der Waals surface area contributed by atoms with Gasteiger partial charge in [-0.1, -0.05) is 30.3 Å². The fourth-order valence-electron chi connectivity index (χ4n) is 3.18. The predicted molar refractivity (Wildman–Crippen MR) is 105 cm³/mol. The highest BCUT2D eigenvalue weighted by Gasteiger charge is 2.23. The zero-order valence-corrected chi connectivity index (χ0v) is 15.5. The van der Waals surface area contributed by atoms with Crippen molar-refractivity contribution in [2.24, 2.45) is 0 Å². The molecular formula is C21H25N3O3. The van der Waals surface area contributed by atoms with E-state index in [0.29, 0.717) is 19.5 Å². The fourth-order valence-corrected chi connectivity index (χ4v) is 3.18. The first kappa shape index (κ1) is 18.8. The zero-order chi connectivity index (χ0) is 19.1. The number of benzene rings is 2. The van der Waals surface area contributed by atoms with Crippen LogP contribution in [0.4, 0.5) is 10.5 Å². The number of para-hydroxylation sites is 1. The maximum atomic E-state index is 12.5. The van der Waals surface area contributed by atoms with E-state index in [4.69, 9.17) is 4.74 Å². The number of ether oxygens (including phenoxy) is 1. The van der Waals surface area contributed by atoms with Gasteiger partial charge in [0.05, 0.1) is 13.5 Å². The summed E-state index contributed by atoms with van der Waals surface area (Å²) in [7, 11) is 1.62. The Balaban J connectivity index is 1.42. The Hall–Kier alpha value is -3.02. The molecule has 2 N–H and O–H groups in total. The standard InChI is InChI=1S/C21H25N3O3/c1-27-19-9-7-16(8-10-19)15-20(25)24-13-11-18(12-14-24)23-21(26)22-17-5-3-2-4-6-17/h2-10,18H,11-15H2,1H3,(H2,22,23,26). The van der Waals surface area contributed by atoms with Crippen LogP contribution in [0.3, 0.4) is 0 Å². The van der Waals surface area contributed by atoms with Crippen molar-refractivity contribution in [3.8, 4) is 5.75 Å². The lowest BCUT2D eigenvalue weighted by Crippen LogP contribution is -2.47. The average Bonchev–Trinajstić information content (AvgIpc) is 2.70. The van der Waals surface area contributed by atoms with Gasteiger partial charge in [0.1, 0.15) is 5.75 Å². The van der Waals surface area contributed by atoms with Gasteiger partial charge >= 0.3 is 6.03 Å². The van der Waals surface area contributed by atoms with Crippen LogP contribution in [0.5, 0.6) is 5.75 Å². The number of carbonyl (C=O) groups excluding carboxylic acids is 2. The number of likely N-dealkylation sites (tertiary alicyclic amines) is 1. The van der Waals surface area contributed by atoms with Crippen molar-refractivity contribution < 1.29 is 14.3 Å². The number of nitrogens with zero attached hydrogens (tertiary/aromatic N) is 1. The topological polar surface area (TPSA) is 70.7 Å². The lowest BCUT2D eigenvalue weighted by molar-refractivity contribution is -0.131. The summed E-state index contributed by atoms with van der Waals surface area (Å²) in [6.45, 7) is 1.32. The first-order chi connectivity index (χ1) is 13.1. The molecule has 3 rings (SSSR count). The molecule has 0 atom stereocenters. The van der Waals surface area contributed by atoms with E-state index in [1.165, 1.54) is 0 Å². The molecule has 0 radical (unpaired) electrons. The molecule has 142 valence electrons. The molecule has 2 aromatic carbocycles. The molecule has 6 heteroatoms. The molecule has 27 heavy (non-hydrogen) atoms. The summed E-state index contributed by atoms with van der Waals surface area (Å²) in [5.74, 6) is 0.902. The van der Waals surface area contributed by atoms with Gasteiger partial charge in [-0.15, -0.1) is 0 Å². The van der Waals surface area contributed by atoms with Crippen molar-refractivity contribution >= 4 is 17.6 Å². The molecule has 1 saturated heterocycles. The van der Waals surface area contributed by atoms with Crippen LogP contribution >= 0.6 is 0 Å². The number of hydrogen-bond donors (Lipinski definition) is 2. The summed E-state index contributed by atoms with van der Waals surface area (Å²) < 4.78 is 5.14. The van der Waals surface area contributed by atoms with E-state index in [1.807, 2.05) is 59.5 Å². The van der Waals surface area contributed by atoms with Crippen LogP contribution in [-0.2, 0) is 11.2 Å². The largest absolute Gasteiger partial charge is 0.497 e. The molecule has 1 aliphatic rings.